The first-order valence-corrected chi connectivity index (χ1v) is 15.9. The Morgan fingerprint density at radius 3 is 1.85 bits per heavy atom. The Hall–Kier alpha value is -0.436. The molecule has 0 aliphatic heterocycles. The second-order valence-electron chi connectivity index (χ2n) is 10.5. The zero-order chi connectivity index (χ0) is 21.7. The Morgan fingerprint density at radius 1 is 0.963 bits per heavy atom. The monoisotopic (exact) mass is 416 g/mol. The van der Waals surface area contributed by atoms with Crippen molar-refractivity contribution in [1.29, 1.82) is 0 Å². The molecular formula is C21H44O4Si2. The summed E-state index contributed by atoms with van der Waals surface area (Å²) in [7, 11) is -3.81. The minimum Gasteiger partial charge on any atom is -0.463 e. The Kier molecular flexibility index (Phi) is 9.69. The van der Waals surface area contributed by atoms with Crippen LogP contribution in [0.15, 0.2) is 12.2 Å². The number of hydrogen-bond donors (Lipinski definition) is 0. The van der Waals surface area contributed by atoms with Crippen molar-refractivity contribution in [2.24, 2.45) is 5.92 Å². The topological polar surface area (TPSA) is 44.8 Å². The highest BCUT2D eigenvalue weighted by Gasteiger charge is 2.41. The van der Waals surface area contributed by atoms with Crippen molar-refractivity contribution < 1.29 is 18.4 Å². The molecule has 0 aromatic carbocycles. The van der Waals surface area contributed by atoms with Crippen molar-refractivity contribution in [2.75, 3.05) is 13.2 Å². The molecule has 0 heterocycles. The Labute approximate surface area is 170 Å². The van der Waals surface area contributed by atoms with Crippen LogP contribution in [0, 0.1) is 5.92 Å². The second kappa shape index (κ2) is 9.85. The first-order valence-electron chi connectivity index (χ1n) is 10.1. The molecule has 0 aromatic rings. The van der Waals surface area contributed by atoms with E-state index in [1.807, 2.05) is 13.0 Å². The molecule has 0 fully saturated rings. The molecule has 0 aliphatic rings. The van der Waals surface area contributed by atoms with Crippen molar-refractivity contribution in [1.82, 2.24) is 0 Å². The van der Waals surface area contributed by atoms with Gasteiger partial charge in [-0.3, -0.25) is 0 Å². The Balaban J connectivity index is 5.37. The summed E-state index contributed by atoms with van der Waals surface area (Å²) in [6.45, 7) is 27.4. The van der Waals surface area contributed by atoms with Gasteiger partial charge in [-0.15, -0.1) is 0 Å². The lowest BCUT2D eigenvalue weighted by molar-refractivity contribution is -0.137. The van der Waals surface area contributed by atoms with E-state index < -0.39 is 16.6 Å². The standard InChI is InChI=1S/C21H44O4Si2/c1-13-23-19(22)15-14-18(25-27(11,12)21(6,7)8)17(2)16-24-26(9,10)20(3,4)5/h14-15,17-18H,13,16H2,1-12H3/b15-14+/t17-,18-/m1/s1. The van der Waals surface area contributed by atoms with Gasteiger partial charge < -0.3 is 13.6 Å². The maximum absolute atomic E-state index is 11.8. The SMILES string of the molecule is CCOC(=O)/C=C/[C@@H](O[Si](C)(C)C(C)(C)C)[C@H](C)CO[Si](C)(C)C(C)(C)C. The van der Waals surface area contributed by atoms with Crippen molar-refractivity contribution in [3.63, 3.8) is 0 Å². The maximum atomic E-state index is 11.8. The van der Waals surface area contributed by atoms with Crippen molar-refractivity contribution in [2.45, 2.75) is 97.8 Å². The van der Waals surface area contributed by atoms with Crippen LogP contribution >= 0.6 is 0 Å². The average Bonchev–Trinajstić information content (AvgIpc) is 2.47. The number of carbonyl (C=O) groups excluding carboxylic acids is 1. The van der Waals surface area contributed by atoms with Gasteiger partial charge in [-0.05, 0) is 49.3 Å². The molecule has 0 aromatic heterocycles. The van der Waals surface area contributed by atoms with E-state index in [1.165, 1.54) is 6.08 Å². The molecule has 0 aliphatic carbocycles. The molecule has 4 nitrogen and oxygen atoms in total. The summed E-state index contributed by atoms with van der Waals surface area (Å²) >= 11 is 0. The zero-order valence-corrected chi connectivity index (χ0v) is 21.9. The quantitative estimate of drug-likeness (QED) is 0.257. The summed E-state index contributed by atoms with van der Waals surface area (Å²) in [5, 5.41) is 0.270. The molecule has 0 spiro atoms. The summed E-state index contributed by atoms with van der Waals surface area (Å²) in [4.78, 5) is 11.8. The number of rotatable bonds is 9. The molecule has 6 heteroatoms. The van der Waals surface area contributed by atoms with E-state index in [1.54, 1.807) is 0 Å². The lowest BCUT2D eigenvalue weighted by Crippen LogP contribution is -2.47. The molecular weight excluding hydrogens is 372 g/mol. The highest BCUT2D eigenvalue weighted by atomic mass is 28.4. The van der Waals surface area contributed by atoms with Gasteiger partial charge in [-0.1, -0.05) is 48.5 Å². The minimum atomic E-state index is -1.98. The Morgan fingerprint density at radius 2 is 1.44 bits per heavy atom. The minimum absolute atomic E-state index is 0.100. The molecule has 0 saturated carbocycles. The molecule has 0 amide bonds. The van der Waals surface area contributed by atoms with Gasteiger partial charge in [0.2, 0.25) is 0 Å². The van der Waals surface area contributed by atoms with Gasteiger partial charge in [0.1, 0.15) is 0 Å². The first-order chi connectivity index (χ1) is 11.9. The average molecular weight is 417 g/mol. The van der Waals surface area contributed by atoms with Crippen LogP contribution in [0.25, 0.3) is 0 Å². The molecule has 0 radical (unpaired) electrons. The summed E-state index contributed by atoms with van der Waals surface area (Å²) in [6.07, 6.45) is 3.20. The Bertz CT molecular complexity index is 499. The molecule has 160 valence electrons. The number of hydrogen-bond acceptors (Lipinski definition) is 4. The van der Waals surface area contributed by atoms with Crippen LogP contribution in [0.3, 0.4) is 0 Å². The van der Waals surface area contributed by atoms with Gasteiger partial charge in [0.25, 0.3) is 0 Å². The third-order valence-corrected chi connectivity index (χ3v) is 15.0. The molecule has 0 N–H and O–H groups in total. The van der Waals surface area contributed by atoms with E-state index in [4.69, 9.17) is 13.6 Å². The fourth-order valence-electron chi connectivity index (χ4n) is 1.88. The van der Waals surface area contributed by atoms with Crippen LogP contribution in [0.1, 0.15) is 55.4 Å². The first kappa shape index (κ1) is 26.6. The third kappa shape index (κ3) is 8.63. The fourth-order valence-corrected chi connectivity index (χ4v) is 4.33. The van der Waals surface area contributed by atoms with Gasteiger partial charge in [0, 0.05) is 18.6 Å². The van der Waals surface area contributed by atoms with Crippen LogP contribution in [0.4, 0.5) is 0 Å². The van der Waals surface area contributed by atoms with Crippen LogP contribution in [0.2, 0.25) is 36.3 Å². The predicted molar refractivity (Wildman–Crippen MR) is 120 cm³/mol. The lowest BCUT2D eigenvalue weighted by atomic mass is 10.1. The van der Waals surface area contributed by atoms with Crippen LogP contribution in [0.5, 0.6) is 0 Å². The summed E-state index contributed by atoms with van der Waals surface area (Å²) in [5.41, 5.74) is 0. The number of carbonyl (C=O) groups is 1. The molecule has 0 bridgehead atoms. The molecule has 2 atom stereocenters. The van der Waals surface area contributed by atoms with E-state index in [0.717, 1.165) is 0 Å². The summed E-state index contributed by atoms with van der Waals surface area (Å²) in [6, 6.07) is 0. The van der Waals surface area contributed by atoms with Crippen molar-refractivity contribution in [3.05, 3.63) is 12.2 Å². The van der Waals surface area contributed by atoms with Crippen molar-refractivity contribution >= 4 is 22.6 Å². The summed E-state index contributed by atoms with van der Waals surface area (Å²) in [5.74, 6) is -0.169. The highest BCUT2D eigenvalue weighted by Crippen LogP contribution is 2.39. The van der Waals surface area contributed by atoms with E-state index in [0.29, 0.717) is 13.2 Å². The molecule has 27 heavy (non-hydrogen) atoms. The predicted octanol–water partition coefficient (Wildman–Crippen LogP) is 6.15. The highest BCUT2D eigenvalue weighted by molar-refractivity contribution is 6.74. The van der Waals surface area contributed by atoms with Gasteiger partial charge in [0.15, 0.2) is 16.6 Å². The lowest BCUT2D eigenvalue weighted by Gasteiger charge is -2.41. The largest absolute Gasteiger partial charge is 0.463 e. The zero-order valence-electron chi connectivity index (χ0n) is 19.9. The maximum Gasteiger partial charge on any atom is 0.330 e. The molecule has 0 saturated heterocycles. The normalized spacial score (nSPS) is 16.4. The van der Waals surface area contributed by atoms with Crippen molar-refractivity contribution in [3.8, 4) is 0 Å². The van der Waals surface area contributed by atoms with Crippen LogP contribution in [-0.2, 0) is 18.4 Å². The van der Waals surface area contributed by atoms with Crippen LogP contribution in [-0.4, -0.2) is 41.9 Å². The van der Waals surface area contributed by atoms with Gasteiger partial charge >= 0.3 is 5.97 Å². The van der Waals surface area contributed by atoms with Gasteiger partial charge in [-0.2, -0.15) is 0 Å². The van der Waals surface area contributed by atoms with E-state index >= 15 is 0 Å². The van der Waals surface area contributed by atoms with E-state index in [9.17, 15) is 4.79 Å². The van der Waals surface area contributed by atoms with E-state index in [-0.39, 0.29) is 28.1 Å². The van der Waals surface area contributed by atoms with E-state index in [2.05, 4.69) is 74.7 Å². The smallest absolute Gasteiger partial charge is 0.330 e. The molecule has 0 unspecified atom stereocenters. The molecule has 0 rings (SSSR count). The third-order valence-electron chi connectivity index (χ3n) is 6.02. The number of ether oxygens (including phenoxy) is 1. The number of esters is 1. The van der Waals surface area contributed by atoms with Gasteiger partial charge in [-0.25, -0.2) is 4.79 Å². The summed E-state index contributed by atoms with van der Waals surface area (Å²) < 4.78 is 18.1. The van der Waals surface area contributed by atoms with Gasteiger partial charge in [0.05, 0.1) is 12.7 Å². The second-order valence-corrected chi connectivity index (χ2v) is 20.1. The van der Waals surface area contributed by atoms with Crippen LogP contribution < -0.4 is 0 Å². The fraction of sp³-hybridized carbons (Fsp3) is 0.857.